The van der Waals surface area contributed by atoms with Crippen LogP contribution in [0.15, 0.2) is 41.8 Å². The summed E-state index contributed by atoms with van der Waals surface area (Å²) in [5.41, 5.74) is 2.36. The number of nitrogens with zero attached hydrogens (tertiary/aromatic N) is 1. The second kappa shape index (κ2) is 10.9. The zero-order chi connectivity index (χ0) is 21.3. The SMILES string of the molecule is O=C(Cc1ccc(CC2CCN(C(=O)Cc3cccs3)C2)cc1)NC1CC1.O=CO. The van der Waals surface area contributed by atoms with Gasteiger partial charge in [-0.2, -0.15) is 0 Å². The Morgan fingerprint density at radius 3 is 2.43 bits per heavy atom. The highest BCUT2D eigenvalue weighted by Gasteiger charge is 2.26. The fourth-order valence-electron chi connectivity index (χ4n) is 3.72. The predicted molar refractivity (Wildman–Crippen MR) is 116 cm³/mol. The fourth-order valence-corrected chi connectivity index (χ4v) is 4.41. The summed E-state index contributed by atoms with van der Waals surface area (Å²) in [5, 5.41) is 11.9. The number of carbonyl (C=O) groups excluding carboxylic acids is 2. The molecule has 2 heterocycles. The Bertz CT molecular complexity index is 831. The zero-order valence-electron chi connectivity index (χ0n) is 17.0. The molecular weight excluding hydrogens is 400 g/mol. The number of nitrogens with one attached hydrogen (secondary N) is 1. The van der Waals surface area contributed by atoms with Gasteiger partial charge in [0.15, 0.2) is 0 Å². The van der Waals surface area contributed by atoms with Gasteiger partial charge in [-0.05, 0) is 54.2 Å². The van der Waals surface area contributed by atoms with Gasteiger partial charge in [-0.15, -0.1) is 11.3 Å². The summed E-state index contributed by atoms with van der Waals surface area (Å²) in [4.78, 5) is 35.8. The Labute approximate surface area is 180 Å². The van der Waals surface area contributed by atoms with E-state index in [2.05, 4.69) is 29.6 Å². The van der Waals surface area contributed by atoms with Gasteiger partial charge in [0.25, 0.3) is 6.47 Å². The lowest BCUT2D eigenvalue weighted by Crippen LogP contribution is -2.30. The first-order chi connectivity index (χ1) is 14.6. The van der Waals surface area contributed by atoms with E-state index in [1.165, 1.54) is 5.56 Å². The van der Waals surface area contributed by atoms with Gasteiger partial charge in [-0.25, -0.2) is 0 Å². The number of hydrogen-bond acceptors (Lipinski definition) is 4. The molecule has 7 heteroatoms. The molecule has 1 saturated heterocycles. The lowest BCUT2D eigenvalue weighted by Gasteiger charge is -2.16. The van der Waals surface area contributed by atoms with Crippen molar-refractivity contribution in [3.63, 3.8) is 0 Å². The molecule has 0 spiro atoms. The number of likely N-dealkylation sites (tertiary alicyclic amines) is 1. The standard InChI is InChI=1S/C22H26N2O2S.CH2O2/c25-21(23-19-7-8-19)13-17-5-3-16(4-6-17)12-18-9-10-24(15-18)22(26)14-20-2-1-11-27-20;2-1-3/h1-6,11,18-19H,7-10,12-15H2,(H,23,25);1H,(H,2,3). The number of rotatable bonds is 7. The maximum atomic E-state index is 12.4. The Morgan fingerprint density at radius 1 is 1.10 bits per heavy atom. The molecule has 1 aromatic heterocycles. The average Bonchev–Trinajstić information content (AvgIpc) is 3.17. The highest BCUT2D eigenvalue weighted by molar-refractivity contribution is 7.10. The fraction of sp³-hybridized carbons (Fsp3) is 0.435. The van der Waals surface area contributed by atoms with E-state index in [0.717, 1.165) is 49.2 Å². The van der Waals surface area contributed by atoms with Crippen LogP contribution in [0.1, 0.15) is 35.3 Å². The van der Waals surface area contributed by atoms with E-state index >= 15 is 0 Å². The second-order valence-electron chi connectivity index (χ2n) is 7.90. The van der Waals surface area contributed by atoms with E-state index in [1.807, 2.05) is 22.4 Å². The van der Waals surface area contributed by atoms with E-state index in [4.69, 9.17) is 9.90 Å². The van der Waals surface area contributed by atoms with Crippen LogP contribution in [-0.2, 0) is 33.6 Å². The van der Waals surface area contributed by atoms with Crippen molar-refractivity contribution < 1.29 is 19.5 Å². The molecule has 2 fully saturated rings. The first kappa shape index (κ1) is 22.0. The van der Waals surface area contributed by atoms with Gasteiger partial charge >= 0.3 is 0 Å². The third-order valence-electron chi connectivity index (χ3n) is 5.40. The van der Waals surface area contributed by atoms with E-state index in [1.54, 1.807) is 11.3 Å². The van der Waals surface area contributed by atoms with Crippen LogP contribution >= 0.6 is 11.3 Å². The molecule has 1 atom stereocenters. The average molecular weight is 429 g/mol. The topological polar surface area (TPSA) is 86.7 Å². The summed E-state index contributed by atoms with van der Waals surface area (Å²) in [6.07, 6.45) is 5.31. The number of carbonyl (C=O) groups is 3. The van der Waals surface area contributed by atoms with Crippen molar-refractivity contribution in [1.29, 1.82) is 0 Å². The van der Waals surface area contributed by atoms with Gasteiger partial charge in [-0.1, -0.05) is 30.3 Å². The molecule has 160 valence electrons. The van der Waals surface area contributed by atoms with Gasteiger partial charge < -0.3 is 15.3 Å². The quantitative estimate of drug-likeness (QED) is 0.664. The Hall–Kier alpha value is -2.67. The first-order valence-corrected chi connectivity index (χ1v) is 11.2. The van der Waals surface area contributed by atoms with E-state index in [0.29, 0.717) is 24.8 Å². The summed E-state index contributed by atoms with van der Waals surface area (Å²) in [5.74, 6) is 0.902. The Morgan fingerprint density at radius 2 is 1.80 bits per heavy atom. The summed E-state index contributed by atoms with van der Waals surface area (Å²) in [7, 11) is 0. The van der Waals surface area contributed by atoms with Crippen molar-refractivity contribution in [3.05, 3.63) is 57.8 Å². The molecule has 1 unspecified atom stereocenters. The molecule has 0 bridgehead atoms. The Balaban J connectivity index is 0.000000806. The monoisotopic (exact) mass is 428 g/mol. The summed E-state index contributed by atoms with van der Waals surface area (Å²) in [6.45, 7) is 1.48. The zero-order valence-corrected chi connectivity index (χ0v) is 17.8. The molecule has 4 rings (SSSR count). The minimum atomic E-state index is -0.250. The van der Waals surface area contributed by atoms with Crippen molar-refractivity contribution in [2.24, 2.45) is 5.92 Å². The van der Waals surface area contributed by atoms with E-state index in [9.17, 15) is 9.59 Å². The number of amides is 2. The first-order valence-electron chi connectivity index (χ1n) is 10.3. The van der Waals surface area contributed by atoms with Crippen LogP contribution in [0.5, 0.6) is 0 Å². The third-order valence-corrected chi connectivity index (χ3v) is 6.27. The number of thiophene rings is 1. The van der Waals surface area contributed by atoms with E-state index < -0.39 is 0 Å². The van der Waals surface area contributed by atoms with Gasteiger partial charge in [0.05, 0.1) is 12.8 Å². The smallest absolute Gasteiger partial charge is 0.290 e. The lowest BCUT2D eigenvalue weighted by molar-refractivity contribution is -0.129. The largest absolute Gasteiger partial charge is 0.483 e. The molecule has 0 radical (unpaired) electrons. The molecular formula is C23H28N2O4S. The van der Waals surface area contributed by atoms with Crippen molar-refractivity contribution in [2.75, 3.05) is 13.1 Å². The summed E-state index contributed by atoms with van der Waals surface area (Å²) < 4.78 is 0. The molecule has 2 aliphatic rings. The predicted octanol–water partition coefficient (Wildman–Crippen LogP) is 2.90. The number of carboxylic acid groups (broad SMARTS) is 1. The van der Waals surface area contributed by atoms with E-state index in [-0.39, 0.29) is 18.3 Å². The van der Waals surface area contributed by atoms with Gasteiger partial charge in [0, 0.05) is 24.0 Å². The van der Waals surface area contributed by atoms with Gasteiger partial charge in [0.1, 0.15) is 0 Å². The van der Waals surface area contributed by atoms with Crippen LogP contribution in [0.3, 0.4) is 0 Å². The van der Waals surface area contributed by atoms with Crippen LogP contribution in [0.2, 0.25) is 0 Å². The van der Waals surface area contributed by atoms with Crippen LogP contribution < -0.4 is 5.32 Å². The highest BCUT2D eigenvalue weighted by Crippen LogP contribution is 2.23. The summed E-state index contributed by atoms with van der Waals surface area (Å²) in [6, 6.07) is 12.9. The summed E-state index contributed by atoms with van der Waals surface area (Å²) >= 11 is 1.65. The van der Waals surface area contributed by atoms with Crippen molar-refractivity contribution in [2.45, 2.75) is 44.6 Å². The van der Waals surface area contributed by atoms with Crippen molar-refractivity contribution >= 4 is 29.6 Å². The molecule has 6 nitrogen and oxygen atoms in total. The lowest BCUT2D eigenvalue weighted by atomic mass is 9.97. The molecule has 1 aliphatic heterocycles. The normalized spacial score (nSPS) is 17.7. The van der Waals surface area contributed by atoms with Crippen molar-refractivity contribution in [1.82, 2.24) is 10.2 Å². The second-order valence-corrected chi connectivity index (χ2v) is 8.93. The van der Waals surface area contributed by atoms with Crippen LogP contribution in [-0.4, -0.2) is 47.4 Å². The van der Waals surface area contributed by atoms with Crippen molar-refractivity contribution in [3.8, 4) is 0 Å². The van der Waals surface area contributed by atoms with Crippen LogP contribution in [0, 0.1) is 5.92 Å². The Kier molecular flexibility index (Phi) is 8.02. The van der Waals surface area contributed by atoms with Crippen LogP contribution in [0.25, 0.3) is 0 Å². The molecule has 1 saturated carbocycles. The minimum Gasteiger partial charge on any atom is -0.483 e. The maximum Gasteiger partial charge on any atom is 0.290 e. The number of hydrogen-bond donors (Lipinski definition) is 2. The molecule has 1 aliphatic carbocycles. The molecule has 1 aromatic carbocycles. The maximum absolute atomic E-state index is 12.4. The molecule has 2 N–H and O–H groups in total. The van der Waals surface area contributed by atoms with Gasteiger partial charge in [0.2, 0.25) is 11.8 Å². The highest BCUT2D eigenvalue weighted by atomic mass is 32.1. The minimum absolute atomic E-state index is 0.126. The molecule has 2 aromatic rings. The van der Waals surface area contributed by atoms with Gasteiger partial charge in [-0.3, -0.25) is 14.4 Å². The molecule has 30 heavy (non-hydrogen) atoms. The number of benzene rings is 1. The third kappa shape index (κ3) is 6.99. The van der Waals surface area contributed by atoms with Crippen LogP contribution in [0.4, 0.5) is 0 Å². The molecule has 2 amide bonds.